The molecular formula is C17H22N4O4S. The van der Waals surface area contributed by atoms with Crippen molar-refractivity contribution in [3.63, 3.8) is 0 Å². The zero-order valence-corrected chi connectivity index (χ0v) is 16.1. The molecule has 1 amide bonds. The Kier molecular flexibility index (Phi) is 5.19. The number of carbonyl (C=O) groups excluding carboxylic acids is 1. The van der Waals surface area contributed by atoms with Gasteiger partial charge in [-0.05, 0) is 19.9 Å². The van der Waals surface area contributed by atoms with Crippen molar-refractivity contribution in [1.29, 1.82) is 0 Å². The predicted octanol–water partition coefficient (Wildman–Crippen LogP) is 0.360. The van der Waals surface area contributed by atoms with Crippen LogP contribution in [-0.2, 0) is 23.6 Å². The lowest BCUT2D eigenvalue weighted by Crippen LogP contribution is -2.48. The molecule has 3 rings (SSSR count). The van der Waals surface area contributed by atoms with Crippen LogP contribution in [0.15, 0.2) is 26.7 Å². The second-order valence-corrected chi connectivity index (χ2v) is 7.58. The summed E-state index contributed by atoms with van der Waals surface area (Å²) in [4.78, 5) is 43.8. The first-order chi connectivity index (χ1) is 12.3. The number of hydrogen-bond donors (Lipinski definition) is 0. The summed E-state index contributed by atoms with van der Waals surface area (Å²) in [6.07, 6.45) is 1.57. The second-order valence-electron chi connectivity index (χ2n) is 6.56. The summed E-state index contributed by atoms with van der Waals surface area (Å²) in [6.45, 7) is 5.03. The number of aromatic nitrogens is 3. The number of amides is 1. The molecule has 0 aromatic carbocycles. The van der Waals surface area contributed by atoms with Crippen LogP contribution >= 0.6 is 11.8 Å². The van der Waals surface area contributed by atoms with Gasteiger partial charge in [0, 0.05) is 38.3 Å². The van der Waals surface area contributed by atoms with E-state index < -0.39 is 11.2 Å². The van der Waals surface area contributed by atoms with Crippen molar-refractivity contribution >= 4 is 28.7 Å². The Labute approximate surface area is 154 Å². The quantitative estimate of drug-likeness (QED) is 0.717. The van der Waals surface area contributed by atoms with E-state index in [4.69, 9.17) is 4.74 Å². The first-order valence-electron chi connectivity index (χ1n) is 8.40. The SMILES string of the molecule is CC1CN(C(=O)CSc2ccnc3c2c(=O)n(C)c(=O)n3C)CC(C)O1. The third-order valence-electron chi connectivity index (χ3n) is 4.43. The van der Waals surface area contributed by atoms with Crippen molar-refractivity contribution in [2.45, 2.75) is 31.0 Å². The zero-order valence-electron chi connectivity index (χ0n) is 15.3. The van der Waals surface area contributed by atoms with Crippen LogP contribution in [0.25, 0.3) is 11.0 Å². The highest BCUT2D eigenvalue weighted by molar-refractivity contribution is 8.00. The minimum Gasteiger partial charge on any atom is -0.372 e. The van der Waals surface area contributed by atoms with Crippen LogP contribution in [0.3, 0.4) is 0 Å². The predicted molar refractivity (Wildman–Crippen MR) is 99.5 cm³/mol. The van der Waals surface area contributed by atoms with E-state index in [1.807, 2.05) is 13.8 Å². The van der Waals surface area contributed by atoms with Gasteiger partial charge in [-0.3, -0.25) is 18.7 Å². The third-order valence-corrected chi connectivity index (χ3v) is 5.47. The molecule has 0 radical (unpaired) electrons. The van der Waals surface area contributed by atoms with Crippen LogP contribution in [0.5, 0.6) is 0 Å². The van der Waals surface area contributed by atoms with Crippen LogP contribution in [0.4, 0.5) is 0 Å². The summed E-state index contributed by atoms with van der Waals surface area (Å²) >= 11 is 1.29. The third kappa shape index (κ3) is 3.41. The minimum absolute atomic E-state index is 0.00334. The fourth-order valence-electron chi connectivity index (χ4n) is 3.19. The molecule has 2 atom stereocenters. The van der Waals surface area contributed by atoms with Gasteiger partial charge in [0.1, 0.15) is 5.65 Å². The fraction of sp³-hybridized carbons (Fsp3) is 0.529. The van der Waals surface area contributed by atoms with Crippen molar-refractivity contribution in [1.82, 2.24) is 19.0 Å². The molecule has 0 saturated carbocycles. The van der Waals surface area contributed by atoms with E-state index in [9.17, 15) is 14.4 Å². The number of thioether (sulfide) groups is 1. The van der Waals surface area contributed by atoms with E-state index in [1.54, 1.807) is 24.2 Å². The molecule has 2 aromatic rings. The van der Waals surface area contributed by atoms with Crippen LogP contribution in [0.2, 0.25) is 0 Å². The van der Waals surface area contributed by atoms with Gasteiger partial charge in [0.15, 0.2) is 0 Å². The van der Waals surface area contributed by atoms with Gasteiger partial charge in [-0.15, -0.1) is 11.8 Å². The lowest BCUT2D eigenvalue weighted by Gasteiger charge is -2.35. The summed E-state index contributed by atoms with van der Waals surface area (Å²) in [6, 6.07) is 1.71. The highest BCUT2D eigenvalue weighted by atomic mass is 32.2. The van der Waals surface area contributed by atoms with Gasteiger partial charge in [0.25, 0.3) is 5.56 Å². The molecule has 1 saturated heterocycles. The molecule has 140 valence electrons. The van der Waals surface area contributed by atoms with Crippen molar-refractivity contribution in [2.75, 3.05) is 18.8 Å². The maximum atomic E-state index is 12.6. The standard InChI is InChI=1S/C17H22N4O4S/c1-10-7-21(8-11(2)25-10)13(22)9-26-12-5-6-18-15-14(12)16(23)20(4)17(24)19(15)3/h5-6,10-11H,7-9H2,1-4H3. The first-order valence-corrected chi connectivity index (χ1v) is 9.39. The van der Waals surface area contributed by atoms with E-state index in [1.165, 1.54) is 23.4 Å². The molecule has 2 aromatic heterocycles. The topological polar surface area (TPSA) is 86.4 Å². The van der Waals surface area contributed by atoms with Crippen molar-refractivity contribution in [3.8, 4) is 0 Å². The van der Waals surface area contributed by atoms with Gasteiger partial charge in [0.05, 0.1) is 23.3 Å². The number of nitrogens with zero attached hydrogens (tertiary/aromatic N) is 4. The largest absolute Gasteiger partial charge is 0.372 e. The summed E-state index contributed by atoms with van der Waals surface area (Å²) in [5, 5.41) is 0.360. The van der Waals surface area contributed by atoms with Crippen LogP contribution < -0.4 is 11.2 Å². The molecule has 9 heteroatoms. The van der Waals surface area contributed by atoms with Crippen LogP contribution in [-0.4, -0.2) is 56.0 Å². The number of aryl methyl sites for hydroxylation is 1. The summed E-state index contributed by atoms with van der Waals surface area (Å²) in [5.41, 5.74) is -0.506. The maximum Gasteiger partial charge on any atom is 0.332 e. The summed E-state index contributed by atoms with van der Waals surface area (Å²) in [7, 11) is 3.01. The molecule has 3 heterocycles. The lowest BCUT2D eigenvalue weighted by atomic mass is 10.2. The van der Waals surface area contributed by atoms with Gasteiger partial charge in [-0.25, -0.2) is 9.78 Å². The fourth-order valence-corrected chi connectivity index (χ4v) is 4.13. The zero-order chi connectivity index (χ0) is 19.0. The highest BCUT2D eigenvalue weighted by Gasteiger charge is 2.26. The molecule has 2 unspecified atom stereocenters. The number of rotatable bonds is 3. The van der Waals surface area contributed by atoms with Gasteiger partial charge in [-0.2, -0.15) is 0 Å². The number of hydrogen-bond acceptors (Lipinski definition) is 6. The molecule has 0 bridgehead atoms. The Morgan fingerprint density at radius 3 is 2.54 bits per heavy atom. The minimum atomic E-state index is -0.426. The monoisotopic (exact) mass is 378 g/mol. The number of morpholine rings is 1. The van der Waals surface area contributed by atoms with Gasteiger partial charge < -0.3 is 9.64 Å². The van der Waals surface area contributed by atoms with Crippen LogP contribution in [0.1, 0.15) is 13.8 Å². The number of carbonyl (C=O) groups is 1. The molecular weight excluding hydrogens is 356 g/mol. The number of ether oxygens (including phenoxy) is 1. The Morgan fingerprint density at radius 1 is 1.23 bits per heavy atom. The average molecular weight is 378 g/mol. The Bertz CT molecular complexity index is 958. The molecule has 0 aliphatic carbocycles. The Balaban J connectivity index is 1.87. The van der Waals surface area contributed by atoms with E-state index in [0.717, 1.165) is 4.57 Å². The van der Waals surface area contributed by atoms with E-state index in [-0.39, 0.29) is 23.9 Å². The molecule has 0 spiro atoms. The Hall–Kier alpha value is -2.13. The molecule has 1 fully saturated rings. The van der Waals surface area contributed by atoms with Gasteiger partial charge >= 0.3 is 5.69 Å². The van der Waals surface area contributed by atoms with Crippen molar-refractivity contribution in [2.24, 2.45) is 14.1 Å². The lowest BCUT2D eigenvalue weighted by molar-refractivity contribution is -0.140. The highest BCUT2D eigenvalue weighted by Crippen LogP contribution is 2.24. The molecule has 1 aliphatic heterocycles. The number of fused-ring (bicyclic) bond motifs is 1. The molecule has 8 nitrogen and oxygen atoms in total. The first kappa shape index (κ1) is 18.7. The molecule has 1 aliphatic rings. The molecule has 0 N–H and O–H groups in total. The van der Waals surface area contributed by atoms with E-state index >= 15 is 0 Å². The van der Waals surface area contributed by atoms with E-state index in [0.29, 0.717) is 29.0 Å². The van der Waals surface area contributed by atoms with E-state index in [2.05, 4.69) is 4.98 Å². The molecule has 26 heavy (non-hydrogen) atoms. The second kappa shape index (κ2) is 7.24. The van der Waals surface area contributed by atoms with Crippen LogP contribution in [0, 0.1) is 0 Å². The number of pyridine rings is 1. The van der Waals surface area contributed by atoms with Gasteiger partial charge in [0.2, 0.25) is 5.91 Å². The summed E-state index contributed by atoms with van der Waals surface area (Å²) in [5.74, 6) is 0.216. The smallest absolute Gasteiger partial charge is 0.332 e. The normalized spacial score (nSPS) is 20.5. The maximum absolute atomic E-state index is 12.6. The van der Waals surface area contributed by atoms with Crippen molar-refractivity contribution in [3.05, 3.63) is 33.1 Å². The average Bonchev–Trinajstić information content (AvgIpc) is 2.61. The Morgan fingerprint density at radius 2 is 1.88 bits per heavy atom. The summed E-state index contributed by atoms with van der Waals surface area (Å²) < 4.78 is 8.05. The van der Waals surface area contributed by atoms with Gasteiger partial charge in [-0.1, -0.05) is 0 Å². The van der Waals surface area contributed by atoms with Crippen molar-refractivity contribution < 1.29 is 9.53 Å².